The van der Waals surface area contributed by atoms with Gasteiger partial charge in [-0.15, -0.1) is 0 Å². The Kier molecular flexibility index (Phi) is 2.20. The van der Waals surface area contributed by atoms with E-state index >= 15 is 0 Å². The van der Waals surface area contributed by atoms with E-state index in [1.807, 2.05) is 0 Å². The van der Waals surface area contributed by atoms with Crippen LogP contribution in [0.4, 0.5) is 0 Å². The summed E-state index contributed by atoms with van der Waals surface area (Å²) in [5.74, 6) is 0.602. The Morgan fingerprint density at radius 3 is 2.92 bits per heavy atom. The van der Waals surface area contributed by atoms with E-state index in [1.165, 1.54) is 0 Å². The lowest BCUT2D eigenvalue weighted by Crippen LogP contribution is -2.42. The maximum Gasteiger partial charge on any atom is 0.173 e. The monoisotopic (exact) mass is 181 g/mol. The first-order chi connectivity index (χ1) is 6.27. The Hall–Kier alpha value is -1.07. The van der Waals surface area contributed by atoms with Crippen LogP contribution in [0.5, 0.6) is 0 Å². The van der Waals surface area contributed by atoms with Gasteiger partial charge in [-0.1, -0.05) is 0 Å². The summed E-state index contributed by atoms with van der Waals surface area (Å²) in [4.78, 5) is 4.08. The lowest BCUT2D eigenvalue weighted by atomic mass is 10.1. The van der Waals surface area contributed by atoms with Gasteiger partial charge in [-0.25, -0.2) is 4.99 Å². The highest BCUT2D eigenvalue weighted by Crippen LogP contribution is 2.16. The summed E-state index contributed by atoms with van der Waals surface area (Å²) in [6.07, 6.45) is 1.53. The molecule has 2 heterocycles. The molecule has 13 heavy (non-hydrogen) atoms. The summed E-state index contributed by atoms with van der Waals surface area (Å²) in [5, 5.41) is 6.44. The topological polar surface area (TPSA) is 88.5 Å². The van der Waals surface area contributed by atoms with Crippen LogP contribution in [0.1, 0.15) is 12.8 Å². The molecule has 0 aromatic carbocycles. The Morgan fingerprint density at radius 1 is 1.31 bits per heavy atom. The van der Waals surface area contributed by atoms with Gasteiger partial charge in [0.1, 0.15) is 5.84 Å². The highest BCUT2D eigenvalue weighted by Gasteiger charge is 2.19. The van der Waals surface area contributed by atoms with Gasteiger partial charge in [0, 0.05) is 24.2 Å². The molecule has 0 saturated heterocycles. The van der Waals surface area contributed by atoms with Gasteiger partial charge < -0.3 is 16.4 Å². The zero-order chi connectivity index (χ0) is 9.26. The molecular formula is C8H15N5. The molecule has 0 amide bonds. The minimum Gasteiger partial charge on any atom is -0.384 e. The van der Waals surface area contributed by atoms with E-state index < -0.39 is 0 Å². The van der Waals surface area contributed by atoms with Crippen LogP contribution >= 0.6 is 0 Å². The summed E-state index contributed by atoms with van der Waals surface area (Å²) in [5.41, 5.74) is 13.7. The van der Waals surface area contributed by atoms with Crippen LogP contribution in [0, 0.1) is 0 Å². The predicted octanol–water partition coefficient (Wildman–Crippen LogP) is -1.17. The maximum absolute atomic E-state index is 5.79. The van der Waals surface area contributed by atoms with E-state index in [4.69, 9.17) is 11.5 Å². The second-order valence-corrected chi connectivity index (χ2v) is 3.31. The van der Waals surface area contributed by atoms with Gasteiger partial charge in [0.05, 0.1) is 0 Å². The summed E-state index contributed by atoms with van der Waals surface area (Å²) in [6, 6.07) is 0. The van der Waals surface area contributed by atoms with Crippen LogP contribution in [-0.4, -0.2) is 25.2 Å². The fourth-order valence-electron chi connectivity index (χ4n) is 1.73. The van der Waals surface area contributed by atoms with E-state index in [-0.39, 0.29) is 6.29 Å². The van der Waals surface area contributed by atoms with Crippen molar-refractivity contribution in [2.45, 2.75) is 19.1 Å². The molecule has 5 nitrogen and oxygen atoms in total. The molecule has 1 atom stereocenters. The first kappa shape index (κ1) is 8.52. The predicted molar refractivity (Wildman–Crippen MR) is 51.9 cm³/mol. The number of nitrogens with one attached hydrogen (secondary N) is 2. The molecule has 0 aliphatic carbocycles. The van der Waals surface area contributed by atoms with Crippen molar-refractivity contribution in [2.75, 3.05) is 13.1 Å². The SMILES string of the molecule is NC1=NC(N)NC2=C1CCNCC2. The average molecular weight is 181 g/mol. The first-order valence-corrected chi connectivity index (χ1v) is 4.56. The normalized spacial score (nSPS) is 28.7. The van der Waals surface area contributed by atoms with Gasteiger partial charge in [0.2, 0.25) is 0 Å². The van der Waals surface area contributed by atoms with Crippen LogP contribution in [0.3, 0.4) is 0 Å². The Bertz CT molecular complexity index is 268. The molecule has 2 rings (SSSR count). The maximum atomic E-state index is 5.79. The second-order valence-electron chi connectivity index (χ2n) is 3.31. The molecule has 1 unspecified atom stereocenters. The molecule has 2 aliphatic rings. The summed E-state index contributed by atoms with van der Waals surface area (Å²) in [7, 11) is 0. The molecule has 0 aromatic rings. The van der Waals surface area contributed by atoms with Crippen molar-refractivity contribution in [1.29, 1.82) is 0 Å². The third kappa shape index (κ3) is 1.66. The van der Waals surface area contributed by atoms with Crippen molar-refractivity contribution >= 4 is 5.84 Å². The number of hydrogen-bond acceptors (Lipinski definition) is 5. The second kappa shape index (κ2) is 3.35. The lowest BCUT2D eigenvalue weighted by Gasteiger charge is -2.22. The fraction of sp³-hybridized carbons (Fsp3) is 0.625. The summed E-state index contributed by atoms with van der Waals surface area (Å²) >= 11 is 0. The largest absolute Gasteiger partial charge is 0.384 e. The van der Waals surface area contributed by atoms with Crippen LogP contribution in [-0.2, 0) is 0 Å². The molecule has 2 aliphatic heterocycles. The first-order valence-electron chi connectivity index (χ1n) is 4.56. The molecule has 0 bridgehead atoms. The molecule has 6 N–H and O–H groups in total. The van der Waals surface area contributed by atoms with Crippen LogP contribution in [0.25, 0.3) is 0 Å². The van der Waals surface area contributed by atoms with Gasteiger partial charge in [0.15, 0.2) is 6.29 Å². The number of aliphatic imine (C=N–C) groups is 1. The quantitative estimate of drug-likeness (QED) is 0.379. The number of nitrogens with two attached hydrogens (primary N) is 2. The van der Waals surface area contributed by atoms with Gasteiger partial charge >= 0.3 is 0 Å². The Labute approximate surface area is 77.3 Å². The highest BCUT2D eigenvalue weighted by atomic mass is 15.2. The highest BCUT2D eigenvalue weighted by molar-refractivity contribution is 5.98. The Morgan fingerprint density at radius 2 is 2.08 bits per heavy atom. The van der Waals surface area contributed by atoms with Crippen molar-refractivity contribution in [1.82, 2.24) is 10.6 Å². The number of amidine groups is 1. The minimum absolute atomic E-state index is 0.364. The van der Waals surface area contributed by atoms with E-state index in [2.05, 4.69) is 15.6 Å². The molecule has 5 heteroatoms. The molecular weight excluding hydrogens is 166 g/mol. The zero-order valence-electron chi connectivity index (χ0n) is 7.51. The van der Waals surface area contributed by atoms with Gasteiger partial charge in [-0.05, 0) is 13.0 Å². The smallest absolute Gasteiger partial charge is 0.173 e. The third-order valence-corrected chi connectivity index (χ3v) is 2.38. The zero-order valence-corrected chi connectivity index (χ0v) is 7.51. The molecule has 72 valence electrons. The molecule has 0 fully saturated rings. The van der Waals surface area contributed by atoms with Crippen LogP contribution in [0.15, 0.2) is 16.3 Å². The summed E-state index contributed by atoms with van der Waals surface area (Å²) < 4.78 is 0. The van der Waals surface area contributed by atoms with E-state index in [0.717, 1.165) is 37.2 Å². The van der Waals surface area contributed by atoms with E-state index in [1.54, 1.807) is 0 Å². The Balaban J connectivity index is 2.26. The standard InChI is InChI=1S/C8H15N5/c9-7-5-1-3-11-4-2-6(5)12-8(10)13-7/h8,11-12H,1-4,10H2,(H2,9,13). The van der Waals surface area contributed by atoms with E-state index in [9.17, 15) is 0 Å². The van der Waals surface area contributed by atoms with Gasteiger partial charge in [-0.3, -0.25) is 5.73 Å². The summed E-state index contributed by atoms with van der Waals surface area (Å²) in [6.45, 7) is 1.94. The third-order valence-electron chi connectivity index (χ3n) is 2.38. The number of hydrogen-bond donors (Lipinski definition) is 4. The molecule has 0 radical (unpaired) electrons. The van der Waals surface area contributed by atoms with Gasteiger partial charge in [-0.2, -0.15) is 0 Å². The van der Waals surface area contributed by atoms with Gasteiger partial charge in [0.25, 0.3) is 0 Å². The van der Waals surface area contributed by atoms with E-state index in [0.29, 0.717) is 5.84 Å². The lowest BCUT2D eigenvalue weighted by molar-refractivity contribution is 0.580. The van der Waals surface area contributed by atoms with Crippen molar-refractivity contribution < 1.29 is 0 Å². The molecule has 0 spiro atoms. The van der Waals surface area contributed by atoms with Crippen LogP contribution in [0.2, 0.25) is 0 Å². The van der Waals surface area contributed by atoms with Crippen molar-refractivity contribution in [3.05, 3.63) is 11.3 Å². The molecule has 0 saturated carbocycles. The molecule has 0 aromatic heterocycles. The number of nitrogens with zero attached hydrogens (tertiary/aromatic N) is 1. The number of rotatable bonds is 0. The van der Waals surface area contributed by atoms with Crippen molar-refractivity contribution in [3.63, 3.8) is 0 Å². The van der Waals surface area contributed by atoms with Crippen molar-refractivity contribution in [3.8, 4) is 0 Å². The van der Waals surface area contributed by atoms with Crippen LogP contribution < -0.4 is 22.1 Å². The average Bonchev–Trinajstić information content (AvgIpc) is 2.28. The fourth-order valence-corrected chi connectivity index (χ4v) is 1.73. The van der Waals surface area contributed by atoms with Crippen molar-refractivity contribution in [2.24, 2.45) is 16.5 Å². The minimum atomic E-state index is -0.364.